The number of nitrogens with one attached hydrogen (secondary N) is 3. The number of carbonyl (C=O) groups is 3. The molecule has 3 amide bonds. The first-order valence-corrected chi connectivity index (χ1v) is 11.9. The van der Waals surface area contributed by atoms with Crippen LogP contribution in [-0.4, -0.2) is 48.0 Å². The van der Waals surface area contributed by atoms with Crippen LogP contribution in [-0.2, 0) is 17.8 Å². The molecule has 4 heterocycles. The zero-order valence-corrected chi connectivity index (χ0v) is 19.3. The second-order valence-corrected chi connectivity index (χ2v) is 10.1. The monoisotopic (exact) mass is 481 g/mol. The van der Waals surface area contributed by atoms with E-state index in [9.17, 15) is 14.4 Å². The van der Waals surface area contributed by atoms with Crippen molar-refractivity contribution >= 4 is 29.1 Å². The third kappa shape index (κ3) is 3.21. The van der Waals surface area contributed by atoms with E-state index in [2.05, 4.69) is 26.0 Å². The van der Waals surface area contributed by atoms with Crippen molar-refractivity contribution in [3.63, 3.8) is 0 Å². The molecule has 2 bridgehead atoms. The molecule has 10 heteroatoms. The molecule has 8 rings (SSSR count). The molecule has 3 aromatic heterocycles. The van der Waals surface area contributed by atoms with Crippen molar-refractivity contribution in [2.24, 2.45) is 0 Å². The Bertz CT molecular complexity index is 1560. The van der Waals surface area contributed by atoms with Gasteiger partial charge in [-0.2, -0.15) is 5.10 Å². The molecule has 4 aliphatic rings. The summed E-state index contributed by atoms with van der Waals surface area (Å²) in [5, 5.41) is 13.5. The highest BCUT2D eigenvalue weighted by Gasteiger charge is 2.69. The highest BCUT2D eigenvalue weighted by atomic mass is 16.2. The molecule has 36 heavy (non-hydrogen) atoms. The lowest BCUT2D eigenvalue weighted by molar-refractivity contribution is -0.138. The zero-order chi connectivity index (χ0) is 24.5. The van der Waals surface area contributed by atoms with Crippen LogP contribution in [0.2, 0.25) is 0 Å². The van der Waals surface area contributed by atoms with Gasteiger partial charge in [0, 0.05) is 35.2 Å². The predicted molar refractivity (Wildman–Crippen MR) is 130 cm³/mol. The molecule has 0 radical (unpaired) electrons. The Hall–Kier alpha value is -4.47. The van der Waals surface area contributed by atoms with Crippen LogP contribution in [0.3, 0.4) is 0 Å². The normalized spacial score (nSPS) is 23.4. The molecule has 1 aromatic carbocycles. The molecule has 10 nitrogen and oxygen atoms in total. The fourth-order valence-corrected chi connectivity index (χ4v) is 5.94. The standard InChI is InChI=1S/C26H23N7O3/c34-22(9-17-11-27-21-7-3-4-8-32(17)21)29-25-13-26(14-25,15-25)30-23(35)19-10-20-24(36)28-18-6-2-1-5-16(18)12-33(20)31-19/h1-8,10-11H,9,12-15H2,(H,28,36)(H,29,34)(H,30,35). The average Bonchev–Trinajstić information content (AvgIpc) is 3.39. The summed E-state index contributed by atoms with van der Waals surface area (Å²) < 4.78 is 3.48. The molecule has 1 aliphatic heterocycles. The van der Waals surface area contributed by atoms with E-state index in [1.807, 2.05) is 53.1 Å². The summed E-state index contributed by atoms with van der Waals surface area (Å²) in [7, 11) is 0. The molecule has 0 unspecified atom stereocenters. The summed E-state index contributed by atoms with van der Waals surface area (Å²) in [5.41, 5.74) is 3.31. The van der Waals surface area contributed by atoms with Crippen LogP contribution < -0.4 is 16.0 Å². The predicted octanol–water partition coefficient (Wildman–Crippen LogP) is 1.91. The first-order valence-electron chi connectivity index (χ1n) is 11.9. The van der Waals surface area contributed by atoms with Gasteiger partial charge in [-0.15, -0.1) is 0 Å². The zero-order valence-electron chi connectivity index (χ0n) is 19.3. The van der Waals surface area contributed by atoms with Crippen molar-refractivity contribution in [3.05, 3.63) is 83.6 Å². The third-order valence-electron chi connectivity index (χ3n) is 7.48. The lowest BCUT2D eigenvalue weighted by Gasteiger charge is -2.70. The summed E-state index contributed by atoms with van der Waals surface area (Å²) in [6.45, 7) is 0.407. The van der Waals surface area contributed by atoms with E-state index in [4.69, 9.17) is 0 Å². The fourth-order valence-electron chi connectivity index (χ4n) is 5.94. The van der Waals surface area contributed by atoms with Gasteiger partial charge in [0.05, 0.1) is 18.7 Å². The molecule has 4 aromatic rings. The number of hydrogen-bond donors (Lipinski definition) is 3. The Balaban J connectivity index is 0.983. The lowest BCUT2D eigenvalue weighted by Crippen LogP contribution is -2.83. The van der Waals surface area contributed by atoms with Gasteiger partial charge >= 0.3 is 0 Å². The number of carbonyl (C=O) groups excluding carboxylic acids is 3. The molecule has 3 saturated carbocycles. The minimum Gasteiger partial charge on any atom is -0.350 e. The average molecular weight is 482 g/mol. The quantitative estimate of drug-likeness (QED) is 0.402. The first kappa shape index (κ1) is 20.9. The summed E-state index contributed by atoms with van der Waals surface area (Å²) in [4.78, 5) is 42.7. The highest BCUT2D eigenvalue weighted by Crippen LogP contribution is 2.60. The molecular formula is C26H23N7O3. The van der Waals surface area contributed by atoms with E-state index >= 15 is 0 Å². The molecule has 0 spiro atoms. The molecule has 0 saturated heterocycles. The third-order valence-corrected chi connectivity index (χ3v) is 7.48. The minimum atomic E-state index is -0.330. The van der Waals surface area contributed by atoms with E-state index in [-0.39, 0.29) is 40.9 Å². The first-order chi connectivity index (χ1) is 17.4. The second-order valence-electron chi connectivity index (χ2n) is 10.1. The van der Waals surface area contributed by atoms with Gasteiger partial charge in [0.25, 0.3) is 11.8 Å². The number of hydrogen-bond acceptors (Lipinski definition) is 5. The number of benzene rings is 1. The topological polar surface area (TPSA) is 122 Å². The number of imidazole rings is 1. The maximum atomic E-state index is 13.0. The molecule has 3 N–H and O–H groups in total. The van der Waals surface area contributed by atoms with Gasteiger partial charge in [0.2, 0.25) is 5.91 Å². The van der Waals surface area contributed by atoms with Crippen molar-refractivity contribution in [1.29, 1.82) is 0 Å². The van der Waals surface area contributed by atoms with Gasteiger partial charge < -0.3 is 20.4 Å². The van der Waals surface area contributed by atoms with E-state index in [0.717, 1.165) is 22.6 Å². The Morgan fingerprint density at radius 2 is 1.81 bits per heavy atom. The molecule has 3 aliphatic carbocycles. The number of para-hydroxylation sites is 1. The number of rotatable bonds is 5. The molecule has 3 fully saturated rings. The Morgan fingerprint density at radius 3 is 2.67 bits per heavy atom. The summed E-state index contributed by atoms with van der Waals surface area (Å²) in [5.74, 6) is -0.643. The van der Waals surface area contributed by atoms with Crippen molar-refractivity contribution in [1.82, 2.24) is 29.8 Å². The van der Waals surface area contributed by atoms with E-state index in [0.29, 0.717) is 31.5 Å². The molecular weight excluding hydrogens is 458 g/mol. The Kier molecular flexibility index (Phi) is 4.21. The van der Waals surface area contributed by atoms with E-state index in [1.54, 1.807) is 10.9 Å². The summed E-state index contributed by atoms with van der Waals surface area (Å²) in [6.07, 6.45) is 5.93. The molecule has 0 atom stereocenters. The van der Waals surface area contributed by atoms with Gasteiger partial charge in [-0.3, -0.25) is 19.1 Å². The van der Waals surface area contributed by atoms with E-state index < -0.39 is 0 Å². The van der Waals surface area contributed by atoms with Gasteiger partial charge in [-0.25, -0.2) is 4.98 Å². The van der Waals surface area contributed by atoms with Crippen LogP contribution in [0, 0.1) is 0 Å². The van der Waals surface area contributed by atoms with Gasteiger partial charge in [-0.1, -0.05) is 24.3 Å². The van der Waals surface area contributed by atoms with Crippen molar-refractivity contribution in [2.45, 2.75) is 43.3 Å². The summed E-state index contributed by atoms with van der Waals surface area (Å²) in [6, 6.07) is 14.8. The second kappa shape index (κ2) is 7.27. The van der Waals surface area contributed by atoms with Crippen molar-refractivity contribution in [2.75, 3.05) is 5.32 Å². The van der Waals surface area contributed by atoms with Crippen LogP contribution in [0.4, 0.5) is 5.69 Å². The van der Waals surface area contributed by atoms with Crippen molar-refractivity contribution < 1.29 is 14.4 Å². The van der Waals surface area contributed by atoms with Crippen LogP contribution >= 0.6 is 0 Å². The molecule has 180 valence electrons. The van der Waals surface area contributed by atoms with Crippen molar-refractivity contribution in [3.8, 4) is 0 Å². The number of amides is 3. The number of anilines is 1. The largest absolute Gasteiger partial charge is 0.350 e. The van der Waals surface area contributed by atoms with E-state index in [1.165, 1.54) is 6.07 Å². The highest BCUT2D eigenvalue weighted by molar-refractivity contribution is 6.06. The van der Waals surface area contributed by atoms with Gasteiger partial charge in [0.1, 0.15) is 11.3 Å². The number of fused-ring (bicyclic) bond motifs is 3. The van der Waals surface area contributed by atoms with Gasteiger partial charge in [0.15, 0.2) is 5.69 Å². The summed E-state index contributed by atoms with van der Waals surface area (Å²) >= 11 is 0. The lowest BCUT2D eigenvalue weighted by atomic mass is 9.44. The number of aromatic nitrogens is 4. The van der Waals surface area contributed by atoms with Gasteiger partial charge in [-0.05, 0) is 43.0 Å². The van der Waals surface area contributed by atoms with Crippen LogP contribution in [0.15, 0.2) is 60.9 Å². The van der Waals surface area contributed by atoms with Crippen LogP contribution in [0.1, 0.15) is 51.5 Å². The maximum absolute atomic E-state index is 13.0. The Morgan fingerprint density at radius 1 is 1.03 bits per heavy atom. The van der Waals surface area contributed by atoms with Crippen LogP contribution in [0.25, 0.3) is 5.65 Å². The van der Waals surface area contributed by atoms with Crippen LogP contribution in [0.5, 0.6) is 0 Å². The SMILES string of the molecule is O=C(Cc1cnc2ccccn12)NC12CC(NC(=O)c3cc4n(n3)Cc3ccccc3NC4=O)(C1)C2. The Labute approximate surface area is 205 Å². The minimum absolute atomic E-state index is 0.0515. The smallest absolute Gasteiger partial charge is 0.273 e. The number of nitrogens with zero attached hydrogens (tertiary/aromatic N) is 4. The maximum Gasteiger partial charge on any atom is 0.273 e. The fraction of sp³-hybridized carbons (Fsp3) is 0.269. The number of pyridine rings is 1.